The molecule has 2 aromatic rings. The molecule has 110 valence electrons. The Morgan fingerprint density at radius 1 is 1.33 bits per heavy atom. The topological polar surface area (TPSA) is 66.3 Å². The molecule has 0 saturated heterocycles. The number of aromatic nitrogens is 2. The lowest BCUT2D eigenvalue weighted by atomic mass is 10.1. The summed E-state index contributed by atoms with van der Waals surface area (Å²) in [7, 11) is 3.76. The normalized spacial score (nSPS) is 10.4. The van der Waals surface area contributed by atoms with Gasteiger partial charge in [-0.1, -0.05) is 35.5 Å². The van der Waals surface area contributed by atoms with Crippen molar-refractivity contribution in [3.63, 3.8) is 0 Å². The molecule has 1 aromatic heterocycles. The first-order valence-corrected chi connectivity index (χ1v) is 7.49. The third-order valence-corrected chi connectivity index (χ3v) is 3.77. The Labute approximate surface area is 132 Å². The van der Waals surface area contributed by atoms with E-state index in [2.05, 4.69) is 9.97 Å². The smallest absolute Gasteiger partial charge is 0.335 e. The van der Waals surface area contributed by atoms with Gasteiger partial charge in [0, 0.05) is 25.9 Å². The molecule has 0 aliphatic rings. The lowest BCUT2D eigenvalue weighted by Gasteiger charge is -2.12. The van der Waals surface area contributed by atoms with Crippen molar-refractivity contribution in [2.24, 2.45) is 0 Å². The molecule has 21 heavy (non-hydrogen) atoms. The van der Waals surface area contributed by atoms with Crippen LogP contribution >= 0.6 is 23.4 Å². The number of carboxylic acids is 1. The van der Waals surface area contributed by atoms with Gasteiger partial charge in [0.15, 0.2) is 5.16 Å². The van der Waals surface area contributed by atoms with Gasteiger partial charge in [0.2, 0.25) is 0 Å². The van der Waals surface area contributed by atoms with Crippen LogP contribution in [0.15, 0.2) is 35.5 Å². The lowest BCUT2D eigenvalue weighted by molar-refractivity contribution is 0.0697. The van der Waals surface area contributed by atoms with Gasteiger partial charge in [-0.2, -0.15) is 0 Å². The molecule has 0 spiro atoms. The highest BCUT2D eigenvalue weighted by molar-refractivity contribution is 7.98. The SMILES string of the molecule is CN(C)c1cc(Cl)nc(SCc2cccc(C(=O)O)c2)n1. The Morgan fingerprint density at radius 2 is 2.10 bits per heavy atom. The third kappa shape index (κ3) is 4.34. The summed E-state index contributed by atoms with van der Waals surface area (Å²) in [6, 6.07) is 8.50. The van der Waals surface area contributed by atoms with E-state index in [-0.39, 0.29) is 5.56 Å². The van der Waals surface area contributed by atoms with E-state index in [0.717, 1.165) is 11.4 Å². The number of anilines is 1. The van der Waals surface area contributed by atoms with Crippen LogP contribution in [-0.2, 0) is 5.75 Å². The highest BCUT2D eigenvalue weighted by atomic mass is 35.5. The first kappa shape index (κ1) is 15.6. The van der Waals surface area contributed by atoms with Crippen molar-refractivity contribution in [3.8, 4) is 0 Å². The molecule has 0 amide bonds. The zero-order valence-corrected chi connectivity index (χ0v) is 13.1. The molecule has 1 aromatic carbocycles. The van der Waals surface area contributed by atoms with Gasteiger partial charge in [-0.15, -0.1) is 0 Å². The van der Waals surface area contributed by atoms with Gasteiger partial charge in [0.1, 0.15) is 11.0 Å². The number of benzene rings is 1. The summed E-state index contributed by atoms with van der Waals surface area (Å²) in [6.07, 6.45) is 0. The summed E-state index contributed by atoms with van der Waals surface area (Å²) in [5.41, 5.74) is 1.17. The number of hydrogen-bond donors (Lipinski definition) is 1. The summed E-state index contributed by atoms with van der Waals surface area (Å²) in [6.45, 7) is 0. The molecular formula is C14H14ClN3O2S. The van der Waals surface area contributed by atoms with E-state index in [9.17, 15) is 4.79 Å². The maximum Gasteiger partial charge on any atom is 0.335 e. The van der Waals surface area contributed by atoms with Gasteiger partial charge >= 0.3 is 5.97 Å². The fourth-order valence-corrected chi connectivity index (χ4v) is 2.65. The largest absolute Gasteiger partial charge is 0.478 e. The van der Waals surface area contributed by atoms with Crippen molar-refractivity contribution in [1.29, 1.82) is 0 Å². The quantitative estimate of drug-likeness (QED) is 0.518. The van der Waals surface area contributed by atoms with Gasteiger partial charge in [-0.05, 0) is 17.7 Å². The van der Waals surface area contributed by atoms with Crippen LogP contribution in [0, 0.1) is 0 Å². The van der Waals surface area contributed by atoms with Crippen molar-refractivity contribution in [1.82, 2.24) is 9.97 Å². The first-order valence-electron chi connectivity index (χ1n) is 6.12. The van der Waals surface area contributed by atoms with E-state index in [1.807, 2.05) is 25.1 Å². The molecule has 7 heteroatoms. The fraction of sp³-hybridized carbons (Fsp3) is 0.214. The van der Waals surface area contributed by atoms with Crippen LogP contribution in [-0.4, -0.2) is 35.1 Å². The number of aromatic carboxylic acids is 1. The summed E-state index contributed by atoms with van der Waals surface area (Å²) in [5, 5.41) is 9.92. The maximum absolute atomic E-state index is 10.9. The number of nitrogens with zero attached hydrogens (tertiary/aromatic N) is 3. The highest BCUT2D eigenvalue weighted by Gasteiger charge is 2.07. The number of carboxylic acid groups (broad SMARTS) is 1. The summed E-state index contributed by atoms with van der Waals surface area (Å²) >= 11 is 7.39. The van der Waals surface area contributed by atoms with E-state index in [4.69, 9.17) is 16.7 Å². The monoisotopic (exact) mass is 323 g/mol. The maximum atomic E-state index is 10.9. The molecule has 2 rings (SSSR count). The van der Waals surface area contributed by atoms with Crippen LogP contribution in [0.5, 0.6) is 0 Å². The molecule has 0 aliphatic carbocycles. The molecule has 0 unspecified atom stereocenters. The highest BCUT2D eigenvalue weighted by Crippen LogP contribution is 2.24. The first-order chi connectivity index (χ1) is 9.95. The zero-order valence-electron chi connectivity index (χ0n) is 11.6. The van der Waals surface area contributed by atoms with Crippen molar-refractivity contribution < 1.29 is 9.90 Å². The lowest BCUT2D eigenvalue weighted by Crippen LogP contribution is -2.11. The Morgan fingerprint density at radius 3 is 2.76 bits per heavy atom. The Hall–Kier alpha value is -1.79. The molecule has 1 heterocycles. The van der Waals surface area contributed by atoms with Crippen LogP contribution in [0.3, 0.4) is 0 Å². The number of carbonyl (C=O) groups is 1. The van der Waals surface area contributed by atoms with Gasteiger partial charge in [0.25, 0.3) is 0 Å². The van der Waals surface area contributed by atoms with E-state index in [0.29, 0.717) is 16.1 Å². The molecule has 0 aliphatic heterocycles. The number of hydrogen-bond acceptors (Lipinski definition) is 5. The number of thioether (sulfide) groups is 1. The summed E-state index contributed by atoms with van der Waals surface area (Å²) in [5.74, 6) is 0.376. The molecule has 0 bridgehead atoms. The van der Waals surface area contributed by atoms with Crippen LogP contribution in [0.2, 0.25) is 5.15 Å². The molecule has 0 atom stereocenters. The predicted octanol–water partition coefficient (Wildman–Crippen LogP) is 3.19. The predicted molar refractivity (Wildman–Crippen MR) is 84.3 cm³/mol. The van der Waals surface area contributed by atoms with Crippen molar-refractivity contribution in [3.05, 3.63) is 46.6 Å². The average molecular weight is 324 g/mol. The van der Waals surface area contributed by atoms with Crippen LogP contribution < -0.4 is 4.90 Å². The minimum atomic E-state index is -0.934. The van der Waals surface area contributed by atoms with Gasteiger partial charge in [-0.3, -0.25) is 0 Å². The Bertz CT molecular complexity index is 664. The second-order valence-electron chi connectivity index (χ2n) is 4.52. The molecule has 1 N–H and O–H groups in total. The minimum Gasteiger partial charge on any atom is -0.478 e. The standard InChI is InChI=1S/C14H14ClN3O2S/c1-18(2)12-7-11(15)16-14(17-12)21-8-9-4-3-5-10(6-9)13(19)20/h3-7H,8H2,1-2H3,(H,19,20). The second-order valence-corrected chi connectivity index (χ2v) is 5.85. The van der Waals surface area contributed by atoms with E-state index in [1.54, 1.807) is 24.3 Å². The van der Waals surface area contributed by atoms with E-state index in [1.165, 1.54) is 11.8 Å². The van der Waals surface area contributed by atoms with Crippen LogP contribution in [0.25, 0.3) is 0 Å². The number of halogens is 1. The van der Waals surface area contributed by atoms with Crippen molar-refractivity contribution in [2.75, 3.05) is 19.0 Å². The molecule has 0 saturated carbocycles. The van der Waals surface area contributed by atoms with Crippen molar-refractivity contribution in [2.45, 2.75) is 10.9 Å². The Balaban J connectivity index is 2.13. The molecular weight excluding hydrogens is 310 g/mol. The minimum absolute atomic E-state index is 0.272. The number of rotatable bonds is 5. The molecule has 5 nitrogen and oxygen atoms in total. The Kier molecular flexibility index (Phi) is 5.03. The van der Waals surface area contributed by atoms with Gasteiger partial charge in [0.05, 0.1) is 5.56 Å². The van der Waals surface area contributed by atoms with Gasteiger partial charge < -0.3 is 10.0 Å². The third-order valence-electron chi connectivity index (χ3n) is 2.66. The van der Waals surface area contributed by atoms with Crippen LogP contribution in [0.1, 0.15) is 15.9 Å². The second kappa shape index (κ2) is 6.78. The fourth-order valence-electron chi connectivity index (χ4n) is 1.62. The molecule has 0 fully saturated rings. The van der Waals surface area contributed by atoms with Gasteiger partial charge in [-0.25, -0.2) is 14.8 Å². The molecule has 0 radical (unpaired) electrons. The average Bonchev–Trinajstić information content (AvgIpc) is 2.45. The van der Waals surface area contributed by atoms with E-state index < -0.39 is 5.97 Å². The summed E-state index contributed by atoms with van der Waals surface area (Å²) < 4.78 is 0. The summed E-state index contributed by atoms with van der Waals surface area (Å²) in [4.78, 5) is 21.3. The van der Waals surface area contributed by atoms with Crippen LogP contribution in [0.4, 0.5) is 5.82 Å². The van der Waals surface area contributed by atoms with Crippen molar-refractivity contribution >= 4 is 35.1 Å². The van der Waals surface area contributed by atoms with E-state index >= 15 is 0 Å². The zero-order chi connectivity index (χ0) is 15.4.